The standard InChI is InChI=1S/C29H36N6O/c1-4-21-14-15-26-23(16-21)17-24(29(36)30-26)19-34(25-12-8-9-13-25)27(20(2)3)28-31-32-33-35(28)18-22-10-6-5-7-11-22/h5-7,10-11,14-17,20,25,27H,4,8-9,12-13,18-19H2,1-3H3,(H,30,36)/t27-/m1/s1. The Labute approximate surface area is 212 Å². The molecule has 0 unspecified atom stereocenters. The Bertz CT molecular complexity index is 1350. The third kappa shape index (κ3) is 5.12. The molecule has 0 bridgehead atoms. The summed E-state index contributed by atoms with van der Waals surface area (Å²) in [7, 11) is 0. The Morgan fingerprint density at radius 3 is 2.56 bits per heavy atom. The average molecular weight is 485 g/mol. The van der Waals surface area contributed by atoms with Crippen molar-refractivity contribution in [2.24, 2.45) is 5.92 Å². The fourth-order valence-corrected chi connectivity index (χ4v) is 5.65. The molecule has 7 nitrogen and oxygen atoms in total. The van der Waals surface area contributed by atoms with Crippen molar-refractivity contribution in [3.63, 3.8) is 0 Å². The molecule has 188 valence electrons. The zero-order valence-electron chi connectivity index (χ0n) is 21.5. The van der Waals surface area contributed by atoms with Crippen LogP contribution in [-0.2, 0) is 19.5 Å². The Hall–Kier alpha value is -3.32. The molecule has 0 amide bonds. The Balaban J connectivity index is 1.53. The van der Waals surface area contributed by atoms with Gasteiger partial charge < -0.3 is 4.98 Å². The van der Waals surface area contributed by atoms with Gasteiger partial charge in [0.05, 0.1) is 12.6 Å². The van der Waals surface area contributed by atoms with Crippen molar-refractivity contribution >= 4 is 10.9 Å². The smallest absolute Gasteiger partial charge is 0.252 e. The van der Waals surface area contributed by atoms with Crippen molar-refractivity contribution in [3.8, 4) is 0 Å². The van der Waals surface area contributed by atoms with Gasteiger partial charge in [-0.25, -0.2) is 4.68 Å². The van der Waals surface area contributed by atoms with Crippen LogP contribution in [0.15, 0.2) is 59.4 Å². The Kier molecular flexibility index (Phi) is 7.28. The number of nitrogens with zero attached hydrogens (tertiary/aromatic N) is 5. The second-order valence-corrected chi connectivity index (χ2v) is 10.4. The van der Waals surface area contributed by atoms with Gasteiger partial charge in [0.15, 0.2) is 5.82 Å². The van der Waals surface area contributed by atoms with Gasteiger partial charge in [-0.15, -0.1) is 5.10 Å². The van der Waals surface area contributed by atoms with E-state index in [1.54, 1.807) is 0 Å². The van der Waals surface area contributed by atoms with E-state index >= 15 is 0 Å². The minimum absolute atomic E-state index is 0.00360. The second kappa shape index (κ2) is 10.7. The van der Waals surface area contributed by atoms with Crippen LogP contribution < -0.4 is 5.56 Å². The van der Waals surface area contributed by atoms with Gasteiger partial charge in [0, 0.05) is 23.7 Å². The third-order valence-electron chi connectivity index (χ3n) is 7.53. The summed E-state index contributed by atoms with van der Waals surface area (Å²) in [5, 5.41) is 14.1. The summed E-state index contributed by atoms with van der Waals surface area (Å²) < 4.78 is 1.93. The van der Waals surface area contributed by atoms with E-state index in [0.717, 1.165) is 41.6 Å². The number of hydrogen-bond acceptors (Lipinski definition) is 5. The van der Waals surface area contributed by atoms with Crippen LogP contribution in [0.2, 0.25) is 0 Å². The van der Waals surface area contributed by atoms with Crippen LogP contribution in [0, 0.1) is 5.92 Å². The molecule has 2 heterocycles. The number of pyridine rings is 1. The van der Waals surface area contributed by atoms with Crippen LogP contribution >= 0.6 is 0 Å². The van der Waals surface area contributed by atoms with Crippen molar-refractivity contribution in [3.05, 3.63) is 87.5 Å². The number of benzene rings is 2. The van der Waals surface area contributed by atoms with Crippen molar-refractivity contribution in [2.45, 2.75) is 78.0 Å². The normalized spacial score (nSPS) is 15.4. The van der Waals surface area contributed by atoms with Gasteiger partial charge >= 0.3 is 0 Å². The van der Waals surface area contributed by atoms with E-state index in [1.807, 2.05) is 28.9 Å². The van der Waals surface area contributed by atoms with Gasteiger partial charge in [0.1, 0.15) is 0 Å². The molecule has 7 heteroatoms. The van der Waals surface area contributed by atoms with Gasteiger partial charge in [-0.1, -0.05) is 70.0 Å². The first-order valence-corrected chi connectivity index (χ1v) is 13.2. The highest BCUT2D eigenvalue weighted by Crippen LogP contribution is 2.36. The van der Waals surface area contributed by atoms with E-state index in [9.17, 15) is 4.79 Å². The summed E-state index contributed by atoms with van der Waals surface area (Å²) in [5.41, 5.74) is 4.11. The summed E-state index contributed by atoms with van der Waals surface area (Å²) in [5.74, 6) is 1.14. The predicted molar refractivity (Wildman–Crippen MR) is 143 cm³/mol. The lowest BCUT2D eigenvalue weighted by Crippen LogP contribution is -2.41. The molecule has 1 fully saturated rings. The maximum atomic E-state index is 13.2. The zero-order valence-corrected chi connectivity index (χ0v) is 21.5. The van der Waals surface area contributed by atoms with Crippen LogP contribution in [0.5, 0.6) is 0 Å². The molecule has 0 aliphatic heterocycles. The number of aryl methyl sites for hydroxylation is 1. The minimum Gasteiger partial charge on any atom is -0.322 e. The van der Waals surface area contributed by atoms with Crippen molar-refractivity contribution in [2.75, 3.05) is 0 Å². The zero-order chi connectivity index (χ0) is 25.1. The third-order valence-corrected chi connectivity index (χ3v) is 7.53. The molecular formula is C29H36N6O. The van der Waals surface area contributed by atoms with Crippen molar-refractivity contribution in [1.29, 1.82) is 0 Å². The van der Waals surface area contributed by atoms with Gasteiger partial charge in [0.25, 0.3) is 5.56 Å². The number of hydrogen-bond donors (Lipinski definition) is 1. The number of aromatic amines is 1. The fraction of sp³-hybridized carbons (Fsp3) is 0.448. The lowest BCUT2D eigenvalue weighted by atomic mass is 9.97. The number of aromatic nitrogens is 5. The fourth-order valence-electron chi connectivity index (χ4n) is 5.65. The van der Waals surface area contributed by atoms with Crippen molar-refractivity contribution < 1.29 is 0 Å². The molecule has 1 saturated carbocycles. The first-order valence-electron chi connectivity index (χ1n) is 13.2. The number of rotatable bonds is 9. The summed E-state index contributed by atoms with van der Waals surface area (Å²) >= 11 is 0. The molecule has 36 heavy (non-hydrogen) atoms. The topological polar surface area (TPSA) is 79.7 Å². The lowest BCUT2D eigenvalue weighted by molar-refractivity contribution is 0.0844. The number of nitrogens with one attached hydrogen (secondary N) is 1. The van der Waals surface area contributed by atoms with Crippen molar-refractivity contribution in [1.82, 2.24) is 30.1 Å². The summed E-state index contributed by atoms with van der Waals surface area (Å²) in [4.78, 5) is 18.8. The van der Waals surface area contributed by atoms with Crippen LogP contribution in [0.1, 0.15) is 75.0 Å². The van der Waals surface area contributed by atoms with E-state index in [4.69, 9.17) is 0 Å². The molecule has 1 N–H and O–H groups in total. The number of tetrazole rings is 1. The van der Waals surface area contributed by atoms with E-state index in [1.165, 1.54) is 24.0 Å². The molecule has 0 saturated heterocycles. The molecule has 4 aromatic rings. The van der Waals surface area contributed by atoms with Crippen LogP contribution in [-0.4, -0.2) is 36.1 Å². The number of H-pyrrole nitrogens is 1. The summed E-state index contributed by atoms with van der Waals surface area (Å²) in [6, 6.07) is 19.1. The highest BCUT2D eigenvalue weighted by Gasteiger charge is 2.35. The van der Waals surface area contributed by atoms with E-state index in [0.29, 0.717) is 19.1 Å². The van der Waals surface area contributed by atoms with E-state index in [-0.39, 0.29) is 17.5 Å². The molecule has 1 atom stereocenters. The number of fused-ring (bicyclic) bond motifs is 1. The quantitative estimate of drug-likeness (QED) is 0.350. The largest absolute Gasteiger partial charge is 0.322 e. The molecule has 0 spiro atoms. The van der Waals surface area contributed by atoms with E-state index < -0.39 is 0 Å². The Morgan fingerprint density at radius 1 is 1.06 bits per heavy atom. The first-order chi connectivity index (χ1) is 17.5. The summed E-state index contributed by atoms with van der Waals surface area (Å²) in [6.45, 7) is 7.82. The monoisotopic (exact) mass is 484 g/mol. The van der Waals surface area contributed by atoms with Crippen LogP contribution in [0.4, 0.5) is 0 Å². The predicted octanol–water partition coefficient (Wildman–Crippen LogP) is 5.27. The highest BCUT2D eigenvalue weighted by atomic mass is 16.1. The molecular weight excluding hydrogens is 448 g/mol. The molecule has 2 aromatic carbocycles. The SMILES string of the molecule is CCc1ccc2[nH]c(=O)c(CN(C3CCCC3)[C@@H](c3nnnn3Cc3ccccc3)C(C)C)cc2c1. The van der Waals surface area contributed by atoms with Gasteiger partial charge in [-0.2, -0.15) is 0 Å². The van der Waals surface area contributed by atoms with Gasteiger partial charge in [-0.3, -0.25) is 9.69 Å². The average Bonchev–Trinajstić information content (AvgIpc) is 3.57. The maximum absolute atomic E-state index is 13.2. The summed E-state index contributed by atoms with van der Waals surface area (Å²) in [6.07, 6.45) is 5.67. The van der Waals surface area contributed by atoms with Gasteiger partial charge in [0.2, 0.25) is 0 Å². The van der Waals surface area contributed by atoms with Crippen LogP contribution in [0.3, 0.4) is 0 Å². The minimum atomic E-state index is -0.0128. The molecule has 5 rings (SSSR count). The molecule has 1 aliphatic carbocycles. The molecule has 1 aliphatic rings. The maximum Gasteiger partial charge on any atom is 0.252 e. The highest BCUT2D eigenvalue weighted by molar-refractivity contribution is 5.79. The lowest BCUT2D eigenvalue weighted by Gasteiger charge is -2.38. The molecule has 2 aromatic heterocycles. The Morgan fingerprint density at radius 2 is 1.83 bits per heavy atom. The second-order valence-electron chi connectivity index (χ2n) is 10.4. The first kappa shape index (κ1) is 24.4. The molecule has 0 radical (unpaired) electrons. The van der Waals surface area contributed by atoms with Gasteiger partial charge in [-0.05, 0) is 70.3 Å². The van der Waals surface area contributed by atoms with Crippen LogP contribution in [0.25, 0.3) is 10.9 Å². The van der Waals surface area contributed by atoms with E-state index in [2.05, 4.69) is 76.5 Å².